The molecule has 0 aliphatic rings. The van der Waals surface area contributed by atoms with Crippen LogP contribution in [0, 0.1) is 22.7 Å². The normalized spacial score (nSPS) is 11.3. The molecule has 1 amide bonds. The van der Waals surface area contributed by atoms with Gasteiger partial charge in [0.2, 0.25) is 5.91 Å². The van der Waals surface area contributed by atoms with Crippen LogP contribution in [0.1, 0.15) is 34.4 Å². The van der Waals surface area contributed by atoms with Crippen molar-refractivity contribution in [1.82, 2.24) is 4.98 Å². The second kappa shape index (κ2) is 7.96. The van der Waals surface area contributed by atoms with E-state index in [4.69, 9.17) is 5.73 Å². The third-order valence-corrected chi connectivity index (χ3v) is 5.22. The van der Waals surface area contributed by atoms with E-state index in [0.29, 0.717) is 32.7 Å². The van der Waals surface area contributed by atoms with Crippen molar-refractivity contribution in [3.05, 3.63) is 57.2 Å². The highest BCUT2D eigenvalue weighted by Gasteiger charge is 2.25. The summed E-state index contributed by atoms with van der Waals surface area (Å²) in [5, 5.41) is 18.5. The van der Waals surface area contributed by atoms with Gasteiger partial charge in [-0.2, -0.15) is 10.5 Å². The number of carbonyl (C=O) groups excluding carboxylic acids is 1. The fourth-order valence-electron chi connectivity index (χ4n) is 2.28. The Balaban J connectivity index is 2.56. The van der Waals surface area contributed by atoms with E-state index >= 15 is 0 Å². The predicted octanol–water partition coefficient (Wildman–Crippen LogP) is 3.47. The van der Waals surface area contributed by atoms with Crippen LogP contribution in [0.4, 0.5) is 0 Å². The summed E-state index contributed by atoms with van der Waals surface area (Å²) in [5.74, 6) is -0.518. The molecule has 2 N–H and O–H groups in total. The summed E-state index contributed by atoms with van der Waals surface area (Å²) in [6.45, 7) is 1.86. The summed E-state index contributed by atoms with van der Waals surface area (Å²) in [4.78, 5) is 16.2. The molecule has 0 bridgehead atoms. The van der Waals surface area contributed by atoms with Crippen molar-refractivity contribution >= 4 is 33.6 Å². The molecule has 0 radical (unpaired) electrons. The van der Waals surface area contributed by atoms with Crippen LogP contribution in [0.5, 0.6) is 0 Å². The molecular formula is C17H13BrN4OS. The molecule has 0 fully saturated rings. The van der Waals surface area contributed by atoms with Crippen molar-refractivity contribution in [2.75, 3.05) is 0 Å². The zero-order chi connectivity index (χ0) is 17.7. The molecule has 5 nitrogen and oxygen atoms in total. The van der Waals surface area contributed by atoms with Gasteiger partial charge in [-0.1, -0.05) is 49.0 Å². The lowest BCUT2D eigenvalue weighted by atomic mass is 10.0. The van der Waals surface area contributed by atoms with Crippen LogP contribution in [0.25, 0.3) is 0 Å². The Kier molecular flexibility index (Phi) is 5.97. The van der Waals surface area contributed by atoms with E-state index in [1.807, 2.05) is 25.1 Å². The van der Waals surface area contributed by atoms with E-state index in [-0.39, 0.29) is 0 Å². The molecule has 1 unspecified atom stereocenters. The second-order valence-electron chi connectivity index (χ2n) is 4.82. The molecular weight excluding hydrogens is 388 g/mol. The van der Waals surface area contributed by atoms with E-state index in [1.165, 1.54) is 0 Å². The van der Waals surface area contributed by atoms with Crippen molar-refractivity contribution in [3.8, 4) is 12.1 Å². The van der Waals surface area contributed by atoms with Crippen LogP contribution < -0.4 is 5.73 Å². The van der Waals surface area contributed by atoms with Gasteiger partial charge in [-0.3, -0.25) is 4.79 Å². The fraction of sp³-hybridized carbons (Fsp3) is 0.176. The van der Waals surface area contributed by atoms with Gasteiger partial charge in [-0.05, 0) is 33.5 Å². The zero-order valence-electron chi connectivity index (χ0n) is 12.8. The van der Waals surface area contributed by atoms with Gasteiger partial charge in [-0.25, -0.2) is 4.98 Å². The Hall–Kier alpha value is -2.35. The van der Waals surface area contributed by atoms with Crippen LogP contribution in [-0.4, -0.2) is 10.9 Å². The Bertz CT molecular complexity index is 856. The van der Waals surface area contributed by atoms with E-state index in [2.05, 4.69) is 33.1 Å². The molecule has 0 saturated heterocycles. The van der Waals surface area contributed by atoms with Crippen molar-refractivity contribution in [2.24, 2.45) is 5.73 Å². The number of thioether (sulfide) groups is 1. The van der Waals surface area contributed by atoms with Gasteiger partial charge < -0.3 is 5.73 Å². The Morgan fingerprint density at radius 2 is 1.92 bits per heavy atom. The third kappa shape index (κ3) is 3.59. The number of nitrogens with two attached hydrogens (primary N) is 1. The van der Waals surface area contributed by atoms with Crippen molar-refractivity contribution in [3.63, 3.8) is 0 Å². The molecule has 1 heterocycles. The average Bonchev–Trinajstić information content (AvgIpc) is 2.59. The van der Waals surface area contributed by atoms with Crippen molar-refractivity contribution in [2.45, 2.75) is 23.6 Å². The lowest BCUT2D eigenvalue weighted by molar-refractivity contribution is -0.117. The van der Waals surface area contributed by atoms with Gasteiger partial charge >= 0.3 is 0 Å². The quantitative estimate of drug-likeness (QED) is 0.610. The van der Waals surface area contributed by atoms with Crippen LogP contribution in [0.3, 0.4) is 0 Å². The van der Waals surface area contributed by atoms with Gasteiger partial charge in [0.05, 0.1) is 11.1 Å². The number of hydrogen-bond acceptors (Lipinski definition) is 5. The number of rotatable bonds is 5. The smallest absolute Gasteiger partial charge is 0.235 e. The number of nitriles is 2. The minimum absolute atomic E-state index is 0.310. The van der Waals surface area contributed by atoms with Gasteiger partial charge in [0.25, 0.3) is 0 Å². The molecule has 1 aromatic heterocycles. The molecule has 2 aromatic rings. The monoisotopic (exact) mass is 400 g/mol. The minimum atomic E-state index is -0.671. The van der Waals surface area contributed by atoms with Crippen LogP contribution >= 0.6 is 27.7 Å². The largest absolute Gasteiger partial charge is 0.368 e. The number of aromatic nitrogens is 1. The number of benzene rings is 1. The molecule has 0 saturated carbocycles. The molecule has 0 aliphatic heterocycles. The number of primary amides is 1. The van der Waals surface area contributed by atoms with Gasteiger partial charge in [0, 0.05) is 0 Å². The summed E-state index contributed by atoms with van der Waals surface area (Å²) in [6, 6.07) is 13.2. The lowest BCUT2D eigenvalue weighted by Gasteiger charge is -2.16. The predicted molar refractivity (Wildman–Crippen MR) is 95.0 cm³/mol. The molecule has 24 heavy (non-hydrogen) atoms. The van der Waals surface area contributed by atoms with Crippen LogP contribution in [-0.2, 0) is 11.2 Å². The van der Waals surface area contributed by atoms with E-state index in [1.54, 1.807) is 12.1 Å². The molecule has 1 aromatic carbocycles. The summed E-state index contributed by atoms with van der Waals surface area (Å²) >= 11 is 4.39. The van der Waals surface area contributed by atoms with Gasteiger partial charge in [-0.15, -0.1) is 0 Å². The number of halogens is 1. The van der Waals surface area contributed by atoms with Crippen molar-refractivity contribution < 1.29 is 4.79 Å². The summed E-state index contributed by atoms with van der Waals surface area (Å²) in [5.41, 5.74) is 7.54. The van der Waals surface area contributed by atoms with E-state index in [9.17, 15) is 15.3 Å². The second-order valence-corrected chi connectivity index (χ2v) is 6.67. The molecule has 0 aliphatic carbocycles. The van der Waals surface area contributed by atoms with Gasteiger partial charge in [0.1, 0.15) is 27.0 Å². The van der Waals surface area contributed by atoms with Crippen molar-refractivity contribution in [1.29, 1.82) is 10.5 Å². The van der Waals surface area contributed by atoms with Gasteiger partial charge in [0.15, 0.2) is 0 Å². The molecule has 1 atom stereocenters. The molecule has 0 spiro atoms. The maximum absolute atomic E-state index is 11.9. The SMILES string of the molecule is CCc1c(C#N)c(Br)nc(SC(C(N)=O)c2ccccc2)c1C#N. The topological polar surface area (TPSA) is 104 Å². The maximum Gasteiger partial charge on any atom is 0.235 e. The average molecular weight is 401 g/mol. The Morgan fingerprint density at radius 1 is 1.29 bits per heavy atom. The number of amides is 1. The summed E-state index contributed by atoms with van der Waals surface area (Å²) < 4.78 is 0.361. The maximum atomic E-state index is 11.9. The highest BCUT2D eigenvalue weighted by atomic mass is 79.9. The van der Waals surface area contributed by atoms with E-state index < -0.39 is 11.2 Å². The third-order valence-electron chi connectivity index (χ3n) is 3.39. The standard InChI is InChI=1S/C17H13BrN4OS/c1-2-11-12(8-19)15(18)22-17(13(11)9-20)24-14(16(21)23)10-6-4-3-5-7-10/h3-7,14H,2H2,1H3,(H2,21,23). The first-order valence-electron chi connectivity index (χ1n) is 7.06. The number of pyridine rings is 1. The number of hydrogen-bond donors (Lipinski definition) is 1. The molecule has 2 rings (SSSR count). The van der Waals surface area contributed by atoms with E-state index in [0.717, 1.165) is 17.3 Å². The Morgan fingerprint density at radius 3 is 2.42 bits per heavy atom. The van der Waals surface area contributed by atoms with Crippen LogP contribution in [0.2, 0.25) is 0 Å². The first-order chi connectivity index (χ1) is 11.5. The lowest BCUT2D eigenvalue weighted by Crippen LogP contribution is -2.19. The molecule has 7 heteroatoms. The highest BCUT2D eigenvalue weighted by molar-refractivity contribution is 9.10. The van der Waals surface area contributed by atoms with Crippen LogP contribution in [0.15, 0.2) is 40.0 Å². The zero-order valence-corrected chi connectivity index (χ0v) is 15.2. The first kappa shape index (κ1) is 18.0. The number of carbonyl (C=O) groups is 1. The fourth-order valence-corrected chi connectivity index (χ4v) is 3.96. The summed E-state index contributed by atoms with van der Waals surface area (Å²) in [6.07, 6.45) is 0.507. The first-order valence-corrected chi connectivity index (χ1v) is 8.74. The summed E-state index contributed by atoms with van der Waals surface area (Å²) in [7, 11) is 0. The molecule has 120 valence electrons. The minimum Gasteiger partial charge on any atom is -0.368 e. The Labute approximate surface area is 152 Å². The highest BCUT2D eigenvalue weighted by Crippen LogP contribution is 2.38. The number of nitrogens with zero attached hydrogens (tertiary/aromatic N) is 3.